The Labute approximate surface area is 94.3 Å². The van der Waals surface area contributed by atoms with E-state index in [0.717, 1.165) is 11.1 Å². The van der Waals surface area contributed by atoms with Crippen LogP contribution in [0.3, 0.4) is 0 Å². The molecule has 0 aliphatic heterocycles. The van der Waals surface area contributed by atoms with Gasteiger partial charge in [-0.25, -0.2) is 4.57 Å². The number of hydrogen-bond acceptors (Lipinski definition) is 2. The standard InChI is InChI=1S/C13H12N2O/c1-15-9-7-12(8-10-15)13(14-16)11-5-3-2-4-6-11/h2-10H,1H3/p+1. The van der Waals surface area contributed by atoms with Crippen LogP contribution >= 0.6 is 0 Å². The first-order chi connectivity index (χ1) is 7.81. The minimum Gasteiger partial charge on any atom is -0.410 e. The molecule has 80 valence electrons. The Morgan fingerprint density at radius 3 is 2.12 bits per heavy atom. The van der Waals surface area contributed by atoms with Gasteiger partial charge in [0.05, 0.1) is 0 Å². The predicted molar refractivity (Wildman–Crippen MR) is 61.5 cm³/mol. The van der Waals surface area contributed by atoms with E-state index in [2.05, 4.69) is 5.16 Å². The van der Waals surface area contributed by atoms with Crippen molar-refractivity contribution in [1.29, 1.82) is 0 Å². The minimum absolute atomic E-state index is 0.584. The second-order valence-corrected chi connectivity index (χ2v) is 3.57. The van der Waals surface area contributed by atoms with Crippen LogP contribution in [0.25, 0.3) is 0 Å². The number of aromatic nitrogens is 1. The lowest BCUT2D eigenvalue weighted by molar-refractivity contribution is -0.671. The van der Waals surface area contributed by atoms with Gasteiger partial charge in [0.2, 0.25) is 0 Å². The topological polar surface area (TPSA) is 36.5 Å². The van der Waals surface area contributed by atoms with Crippen LogP contribution in [0.4, 0.5) is 0 Å². The molecule has 1 N–H and O–H groups in total. The lowest BCUT2D eigenvalue weighted by atomic mass is 10.0. The van der Waals surface area contributed by atoms with Gasteiger partial charge in [0.25, 0.3) is 0 Å². The Morgan fingerprint density at radius 2 is 1.56 bits per heavy atom. The number of benzene rings is 1. The van der Waals surface area contributed by atoms with Gasteiger partial charge in [0, 0.05) is 23.3 Å². The Kier molecular flexibility index (Phi) is 2.96. The molecule has 2 aromatic rings. The molecule has 0 bridgehead atoms. The minimum atomic E-state index is 0.584. The van der Waals surface area contributed by atoms with E-state index < -0.39 is 0 Å². The second-order valence-electron chi connectivity index (χ2n) is 3.57. The molecule has 3 heteroatoms. The van der Waals surface area contributed by atoms with Gasteiger partial charge >= 0.3 is 0 Å². The van der Waals surface area contributed by atoms with E-state index in [1.807, 2.05) is 66.5 Å². The number of rotatable bonds is 2. The maximum Gasteiger partial charge on any atom is 0.169 e. The summed E-state index contributed by atoms with van der Waals surface area (Å²) in [6.07, 6.45) is 3.84. The predicted octanol–water partition coefficient (Wildman–Crippen LogP) is 1.74. The number of oxime groups is 1. The third kappa shape index (κ3) is 2.08. The molecule has 0 aliphatic carbocycles. The Balaban J connectivity index is 2.42. The molecule has 0 saturated carbocycles. The maximum atomic E-state index is 9.08. The molecule has 1 aromatic carbocycles. The van der Waals surface area contributed by atoms with Gasteiger partial charge in [-0.15, -0.1) is 0 Å². The Bertz CT molecular complexity index is 489. The molecule has 3 nitrogen and oxygen atoms in total. The van der Waals surface area contributed by atoms with Crippen LogP contribution in [0.5, 0.6) is 0 Å². The summed E-state index contributed by atoms with van der Waals surface area (Å²) in [7, 11) is 1.95. The van der Waals surface area contributed by atoms with E-state index in [9.17, 15) is 0 Å². The van der Waals surface area contributed by atoms with E-state index >= 15 is 0 Å². The molecule has 0 fully saturated rings. The van der Waals surface area contributed by atoms with Crippen molar-refractivity contribution in [3.8, 4) is 0 Å². The first-order valence-electron chi connectivity index (χ1n) is 5.04. The number of pyridine rings is 1. The molecular weight excluding hydrogens is 200 g/mol. The summed E-state index contributed by atoms with van der Waals surface area (Å²) >= 11 is 0. The van der Waals surface area contributed by atoms with Crippen LogP contribution in [0.1, 0.15) is 11.1 Å². The molecule has 2 rings (SSSR count). The van der Waals surface area contributed by atoms with Crippen molar-refractivity contribution >= 4 is 5.71 Å². The molecule has 0 unspecified atom stereocenters. The lowest BCUT2D eigenvalue weighted by Gasteiger charge is -2.03. The Hall–Kier alpha value is -2.16. The van der Waals surface area contributed by atoms with Crippen molar-refractivity contribution in [3.05, 3.63) is 66.0 Å². The highest BCUT2D eigenvalue weighted by Gasteiger charge is 2.08. The van der Waals surface area contributed by atoms with Crippen molar-refractivity contribution in [2.45, 2.75) is 0 Å². The molecule has 16 heavy (non-hydrogen) atoms. The van der Waals surface area contributed by atoms with Crippen LogP contribution in [-0.2, 0) is 7.05 Å². The average molecular weight is 213 g/mol. The van der Waals surface area contributed by atoms with Crippen LogP contribution < -0.4 is 4.57 Å². The van der Waals surface area contributed by atoms with E-state index in [0.29, 0.717) is 5.71 Å². The number of nitrogens with zero attached hydrogens (tertiary/aromatic N) is 2. The quantitative estimate of drug-likeness (QED) is 0.351. The highest BCUT2D eigenvalue weighted by atomic mass is 16.4. The van der Waals surface area contributed by atoms with E-state index in [1.54, 1.807) is 0 Å². The van der Waals surface area contributed by atoms with Gasteiger partial charge in [0.1, 0.15) is 12.8 Å². The van der Waals surface area contributed by atoms with Gasteiger partial charge in [-0.05, 0) is 0 Å². The summed E-state index contributed by atoms with van der Waals surface area (Å²) in [5, 5.41) is 12.4. The molecule has 0 aliphatic rings. The largest absolute Gasteiger partial charge is 0.410 e. The van der Waals surface area contributed by atoms with E-state index in [1.165, 1.54) is 0 Å². The van der Waals surface area contributed by atoms with Gasteiger partial charge < -0.3 is 5.21 Å². The van der Waals surface area contributed by atoms with E-state index in [4.69, 9.17) is 5.21 Å². The number of hydrogen-bond donors (Lipinski definition) is 1. The fourth-order valence-corrected chi connectivity index (χ4v) is 1.54. The summed E-state index contributed by atoms with van der Waals surface area (Å²) in [4.78, 5) is 0. The fourth-order valence-electron chi connectivity index (χ4n) is 1.54. The third-order valence-electron chi connectivity index (χ3n) is 2.40. The summed E-state index contributed by atoms with van der Waals surface area (Å²) < 4.78 is 1.93. The summed E-state index contributed by atoms with van der Waals surface area (Å²) in [5.41, 5.74) is 2.38. The smallest absolute Gasteiger partial charge is 0.169 e. The van der Waals surface area contributed by atoms with Gasteiger partial charge in [-0.3, -0.25) is 0 Å². The lowest BCUT2D eigenvalue weighted by Crippen LogP contribution is -2.26. The average Bonchev–Trinajstić information content (AvgIpc) is 2.34. The third-order valence-corrected chi connectivity index (χ3v) is 2.40. The zero-order valence-electron chi connectivity index (χ0n) is 9.04. The fraction of sp³-hybridized carbons (Fsp3) is 0.0769. The zero-order chi connectivity index (χ0) is 11.4. The van der Waals surface area contributed by atoms with E-state index in [-0.39, 0.29) is 0 Å². The highest BCUT2D eigenvalue weighted by Crippen LogP contribution is 2.08. The van der Waals surface area contributed by atoms with Crippen molar-refractivity contribution in [3.63, 3.8) is 0 Å². The van der Waals surface area contributed by atoms with Gasteiger partial charge in [-0.1, -0.05) is 35.5 Å². The van der Waals surface area contributed by atoms with Crippen molar-refractivity contribution < 1.29 is 9.77 Å². The molecule has 0 spiro atoms. The second kappa shape index (κ2) is 4.57. The van der Waals surface area contributed by atoms with Crippen molar-refractivity contribution in [2.75, 3.05) is 0 Å². The van der Waals surface area contributed by atoms with Crippen LogP contribution in [0, 0.1) is 0 Å². The zero-order valence-corrected chi connectivity index (χ0v) is 9.04. The van der Waals surface area contributed by atoms with Crippen LogP contribution in [0.15, 0.2) is 60.0 Å². The molecule has 0 amide bonds. The summed E-state index contributed by atoms with van der Waals surface area (Å²) in [5.74, 6) is 0. The molecule has 1 heterocycles. The summed E-state index contributed by atoms with van der Waals surface area (Å²) in [6, 6.07) is 13.4. The maximum absolute atomic E-state index is 9.08. The summed E-state index contributed by atoms with van der Waals surface area (Å²) in [6.45, 7) is 0. The molecule has 0 atom stereocenters. The number of aryl methyl sites for hydroxylation is 1. The normalized spacial score (nSPS) is 11.4. The molecular formula is C13H13N2O+. The van der Waals surface area contributed by atoms with Crippen molar-refractivity contribution in [2.24, 2.45) is 12.2 Å². The molecule has 0 saturated heterocycles. The van der Waals surface area contributed by atoms with Crippen molar-refractivity contribution in [1.82, 2.24) is 0 Å². The highest BCUT2D eigenvalue weighted by molar-refractivity contribution is 6.12. The van der Waals surface area contributed by atoms with Crippen LogP contribution in [-0.4, -0.2) is 10.9 Å². The van der Waals surface area contributed by atoms with Gasteiger partial charge in [0.15, 0.2) is 12.4 Å². The Morgan fingerprint density at radius 1 is 1.00 bits per heavy atom. The van der Waals surface area contributed by atoms with Gasteiger partial charge in [-0.2, -0.15) is 0 Å². The monoisotopic (exact) mass is 213 g/mol. The molecule has 0 radical (unpaired) electrons. The first-order valence-corrected chi connectivity index (χ1v) is 5.04. The molecule has 1 aromatic heterocycles. The van der Waals surface area contributed by atoms with Crippen LogP contribution in [0.2, 0.25) is 0 Å². The SMILES string of the molecule is C[n+]1ccc(C(=NO)c2ccccc2)cc1. The first kappa shape index (κ1) is 10.4.